The third-order valence-corrected chi connectivity index (χ3v) is 5.75. The van der Waals surface area contributed by atoms with Gasteiger partial charge in [-0.3, -0.25) is 9.59 Å². The minimum Gasteiger partial charge on any atom is -0.454 e. The maximum Gasteiger partial charge on any atom is 0.339 e. The van der Waals surface area contributed by atoms with Crippen LogP contribution in [0.3, 0.4) is 0 Å². The van der Waals surface area contributed by atoms with Crippen molar-refractivity contribution >= 4 is 52.7 Å². The van der Waals surface area contributed by atoms with Gasteiger partial charge in [0, 0.05) is 22.8 Å². The van der Waals surface area contributed by atoms with Crippen LogP contribution in [0.5, 0.6) is 11.5 Å². The first-order valence-electron chi connectivity index (χ1n) is 9.98. The molecule has 0 radical (unpaired) electrons. The van der Waals surface area contributed by atoms with Gasteiger partial charge in [0.2, 0.25) is 12.7 Å². The van der Waals surface area contributed by atoms with Crippen molar-refractivity contribution in [2.45, 2.75) is 4.90 Å². The van der Waals surface area contributed by atoms with E-state index >= 15 is 0 Å². The molecule has 34 heavy (non-hydrogen) atoms. The second-order valence-electron chi connectivity index (χ2n) is 6.89. The minimum atomic E-state index is -0.682. The van der Waals surface area contributed by atoms with Crippen LogP contribution in [-0.2, 0) is 14.3 Å². The zero-order valence-corrected chi connectivity index (χ0v) is 19.2. The Morgan fingerprint density at radius 1 is 1.00 bits per heavy atom. The predicted octanol–water partition coefficient (Wildman–Crippen LogP) is 3.99. The number of carbonyl (C=O) groups is 3. The summed E-state index contributed by atoms with van der Waals surface area (Å²) in [6.45, 7) is -0.345. The van der Waals surface area contributed by atoms with E-state index in [-0.39, 0.29) is 29.8 Å². The number of thioether (sulfide) groups is 1. The number of ether oxygens (including phenoxy) is 3. The van der Waals surface area contributed by atoms with Crippen LogP contribution < -0.4 is 20.1 Å². The van der Waals surface area contributed by atoms with Crippen molar-refractivity contribution < 1.29 is 28.6 Å². The number of rotatable bonds is 8. The Balaban J connectivity index is 1.29. The summed E-state index contributed by atoms with van der Waals surface area (Å²) in [5.74, 6) is 0.0422. The van der Waals surface area contributed by atoms with Gasteiger partial charge in [0.1, 0.15) is 5.82 Å². The third-order valence-electron chi connectivity index (χ3n) is 4.45. The number of carbonyl (C=O) groups excluding carboxylic acids is 3. The molecule has 1 aliphatic rings. The second-order valence-corrected chi connectivity index (χ2v) is 8.34. The van der Waals surface area contributed by atoms with Crippen LogP contribution in [0.4, 0.5) is 11.5 Å². The van der Waals surface area contributed by atoms with E-state index in [0.717, 1.165) is 0 Å². The van der Waals surface area contributed by atoms with Gasteiger partial charge in [0.15, 0.2) is 18.1 Å². The number of aromatic nitrogens is 1. The summed E-state index contributed by atoms with van der Waals surface area (Å²) in [5.41, 5.74) is 0.824. The van der Waals surface area contributed by atoms with E-state index in [1.165, 1.54) is 24.0 Å². The summed E-state index contributed by atoms with van der Waals surface area (Å²) in [6.07, 6.45) is 1.39. The number of esters is 1. The lowest BCUT2D eigenvalue weighted by molar-refractivity contribution is -0.119. The van der Waals surface area contributed by atoms with Crippen LogP contribution in [0.1, 0.15) is 10.4 Å². The smallest absolute Gasteiger partial charge is 0.339 e. The molecule has 0 aliphatic carbocycles. The molecular weight excluding hydrogens is 482 g/mol. The van der Waals surface area contributed by atoms with E-state index < -0.39 is 18.5 Å². The number of benzene rings is 2. The average molecular weight is 500 g/mol. The fourth-order valence-corrected chi connectivity index (χ4v) is 3.87. The molecule has 0 fully saturated rings. The molecule has 3 aromatic rings. The average Bonchev–Trinajstić information content (AvgIpc) is 3.31. The standard InChI is InChI=1S/C23H18ClN3O6S/c24-14-5-8-20(25-10-14)27-21(28)11-31-23(30)16-3-1-2-4-19(16)34-12-22(29)26-15-6-7-17-18(9-15)33-13-32-17/h1-10H,11-13H2,(H,26,29)(H,25,27,28). The molecule has 0 bridgehead atoms. The van der Waals surface area contributed by atoms with E-state index in [4.69, 9.17) is 25.8 Å². The number of anilines is 2. The summed E-state index contributed by atoms with van der Waals surface area (Å²) in [5, 5.41) is 5.72. The topological polar surface area (TPSA) is 116 Å². The van der Waals surface area contributed by atoms with Crippen LogP contribution >= 0.6 is 23.4 Å². The number of amides is 2. The maximum absolute atomic E-state index is 12.5. The highest BCUT2D eigenvalue weighted by atomic mass is 35.5. The molecule has 9 nitrogen and oxygen atoms in total. The summed E-state index contributed by atoms with van der Waals surface area (Å²) >= 11 is 6.93. The molecule has 0 atom stereocenters. The molecule has 2 amide bonds. The first-order valence-corrected chi connectivity index (χ1v) is 11.3. The minimum absolute atomic E-state index is 0.0570. The largest absolute Gasteiger partial charge is 0.454 e. The van der Waals surface area contributed by atoms with Crippen LogP contribution in [0.25, 0.3) is 0 Å². The number of fused-ring (bicyclic) bond motifs is 1. The molecule has 0 spiro atoms. The highest BCUT2D eigenvalue weighted by Gasteiger charge is 2.17. The molecule has 0 saturated carbocycles. The molecule has 1 aromatic heterocycles. The predicted molar refractivity (Wildman–Crippen MR) is 127 cm³/mol. The van der Waals surface area contributed by atoms with E-state index in [1.54, 1.807) is 48.5 Å². The van der Waals surface area contributed by atoms with Gasteiger partial charge >= 0.3 is 5.97 Å². The fourth-order valence-electron chi connectivity index (χ4n) is 2.91. The number of nitrogens with one attached hydrogen (secondary N) is 2. The number of pyridine rings is 1. The molecule has 0 saturated heterocycles. The summed E-state index contributed by atoms with van der Waals surface area (Å²) in [6, 6.07) is 14.9. The number of halogens is 1. The molecule has 2 N–H and O–H groups in total. The Morgan fingerprint density at radius 2 is 1.82 bits per heavy atom. The SMILES string of the molecule is O=C(CSc1ccccc1C(=O)OCC(=O)Nc1ccc(Cl)cn1)Nc1ccc2c(c1)OCO2. The number of hydrogen-bond acceptors (Lipinski definition) is 8. The van der Waals surface area contributed by atoms with Crippen molar-refractivity contribution in [3.63, 3.8) is 0 Å². The lowest BCUT2D eigenvalue weighted by Crippen LogP contribution is -2.21. The van der Waals surface area contributed by atoms with Gasteiger partial charge in [0.25, 0.3) is 5.91 Å². The van der Waals surface area contributed by atoms with Crippen LogP contribution in [0.2, 0.25) is 5.02 Å². The Hall–Kier alpha value is -3.76. The van der Waals surface area contributed by atoms with Crippen molar-refractivity contribution in [2.24, 2.45) is 0 Å². The number of hydrogen-bond donors (Lipinski definition) is 2. The van der Waals surface area contributed by atoms with Gasteiger partial charge < -0.3 is 24.8 Å². The molecule has 1 aliphatic heterocycles. The molecule has 4 rings (SSSR count). The van der Waals surface area contributed by atoms with Gasteiger partial charge in [-0.25, -0.2) is 9.78 Å². The quantitative estimate of drug-likeness (QED) is 0.353. The summed E-state index contributed by atoms with van der Waals surface area (Å²) in [4.78, 5) is 41.5. The third kappa shape index (κ3) is 6.18. The zero-order chi connectivity index (χ0) is 23.9. The van der Waals surface area contributed by atoms with E-state index in [2.05, 4.69) is 15.6 Å². The van der Waals surface area contributed by atoms with Crippen molar-refractivity contribution in [3.8, 4) is 11.5 Å². The zero-order valence-electron chi connectivity index (χ0n) is 17.6. The van der Waals surface area contributed by atoms with E-state index in [1.807, 2.05) is 0 Å². The van der Waals surface area contributed by atoms with Gasteiger partial charge in [-0.2, -0.15) is 0 Å². The lowest BCUT2D eigenvalue weighted by atomic mass is 10.2. The molecule has 174 valence electrons. The molecule has 2 aromatic carbocycles. The molecule has 0 unspecified atom stereocenters. The van der Waals surface area contributed by atoms with Crippen molar-refractivity contribution in [3.05, 3.63) is 71.4 Å². The molecule has 11 heteroatoms. The number of nitrogens with zero attached hydrogens (tertiary/aromatic N) is 1. The van der Waals surface area contributed by atoms with Crippen molar-refractivity contribution in [2.75, 3.05) is 29.8 Å². The van der Waals surface area contributed by atoms with E-state index in [9.17, 15) is 14.4 Å². The maximum atomic E-state index is 12.5. The highest BCUT2D eigenvalue weighted by molar-refractivity contribution is 8.00. The first-order chi connectivity index (χ1) is 16.5. The van der Waals surface area contributed by atoms with Gasteiger partial charge in [0.05, 0.1) is 16.3 Å². The normalized spacial score (nSPS) is 11.6. The summed E-state index contributed by atoms with van der Waals surface area (Å²) in [7, 11) is 0. The van der Waals surface area contributed by atoms with Crippen LogP contribution in [-0.4, -0.2) is 41.9 Å². The van der Waals surface area contributed by atoms with Gasteiger partial charge in [-0.1, -0.05) is 23.7 Å². The lowest BCUT2D eigenvalue weighted by Gasteiger charge is -2.10. The first kappa shape index (κ1) is 23.4. The highest BCUT2D eigenvalue weighted by Crippen LogP contribution is 2.34. The Morgan fingerprint density at radius 3 is 2.65 bits per heavy atom. The molecule has 2 heterocycles. The van der Waals surface area contributed by atoms with E-state index in [0.29, 0.717) is 27.1 Å². The Bertz CT molecular complexity index is 1220. The monoisotopic (exact) mass is 499 g/mol. The Kier molecular flexibility index (Phi) is 7.51. The van der Waals surface area contributed by atoms with Crippen molar-refractivity contribution in [1.82, 2.24) is 4.98 Å². The second kappa shape index (κ2) is 10.9. The van der Waals surface area contributed by atoms with Crippen LogP contribution in [0.15, 0.2) is 65.7 Å². The van der Waals surface area contributed by atoms with Gasteiger partial charge in [-0.05, 0) is 36.4 Å². The fraction of sp³-hybridized carbons (Fsp3) is 0.130. The Labute approximate surface area is 203 Å². The van der Waals surface area contributed by atoms with Crippen LogP contribution in [0, 0.1) is 0 Å². The summed E-state index contributed by atoms with van der Waals surface area (Å²) < 4.78 is 15.7. The van der Waals surface area contributed by atoms with Gasteiger partial charge in [-0.15, -0.1) is 11.8 Å². The van der Waals surface area contributed by atoms with Crippen molar-refractivity contribution in [1.29, 1.82) is 0 Å². The molecular formula is C23H18ClN3O6S.